The van der Waals surface area contributed by atoms with Crippen molar-refractivity contribution in [3.63, 3.8) is 0 Å². The highest BCUT2D eigenvalue weighted by molar-refractivity contribution is 6.07. The van der Waals surface area contributed by atoms with Gasteiger partial charge >= 0.3 is 6.03 Å². The molecular formula is C17H21N3O4. The van der Waals surface area contributed by atoms with E-state index in [9.17, 15) is 14.4 Å². The Bertz CT molecular complexity index is 638. The molecule has 0 radical (unpaired) electrons. The monoisotopic (exact) mass is 331 g/mol. The molecule has 0 bridgehead atoms. The molecule has 3 rings (SSSR count). The molecule has 2 saturated heterocycles. The van der Waals surface area contributed by atoms with Gasteiger partial charge in [-0.1, -0.05) is 18.2 Å². The Kier molecular flexibility index (Phi) is 4.42. The number of hydrogen-bond donors (Lipinski definition) is 1. The lowest BCUT2D eigenvalue weighted by Gasteiger charge is -2.37. The number of carbonyl (C=O) groups is 3. The first-order valence-electron chi connectivity index (χ1n) is 8.15. The van der Waals surface area contributed by atoms with Gasteiger partial charge in [0.1, 0.15) is 11.3 Å². The Morgan fingerprint density at radius 1 is 1.21 bits per heavy atom. The van der Waals surface area contributed by atoms with Crippen LogP contribution in [-0.2, 0) is 9.59 Å². The van der Waals surface area contributed by atoms with Gasteiger partial charge in [-0.25, -0.2) is 4.79 Å². The first-order chi connectivity index (χ1) is 11.6. The summed E-state index contributed by atoms with van der Waals surface area (Å²) >= 11 is 0. The largest absolute Gasteiger partial charge is 0.484 e. The van der Waals surface area contributed by atoms with Crippen LogP contribution in [0.25, 0.3) is 0 Å². The highest BCUT2D eigenvalue weighted by atomic mass is 16.5. The molecule has 7 nitrogen and oxygen atoms in total. The highest BCUT2D eigenvalue weighted by Crippen LogP contribution is 2.29. The van der Waals surface area contributed by atoms with Crippen molar-refractivity contribution < 1.29 is 19.1 Å². The number of likely N-dealkylation sites (N-methyl/N-ethyl adjacent to an activating group) is 1. The number of imide groups is 1. The number of hydrogen-bond acceptors (Lipinski definition) is 4. The summed E-state index contributed by atoms with van der Waals surface area (Å²) in [6.07, 6.45) is 0.871. The van der Waals surface area contributed by atoms with Crippen LogP contribution in [0.5, 0.6) is 5.75 Å². The molecular weight excluding hydrogens is 310 g/mol. The average Bonchev–Trinajstić information content (AvgIpc) is 2.84. The van der Waals surface area contributed by atoms with E-state index in [-0.39, 0.29) is 24.5 Å². The van der Waals surface area contributed by atoms with E-state index < -0.39 is 5.54 Å². The maximum atomic E-state index is 12.4. The minimum absolute atomic E-state index is 0.0294. The molecule has 2 heterocycles. The van der Waals surface area contributed by atoms with Crippen LogP contribution < -0.4 is 10.1 Å². The van der Waals surface area contributed by atoms with Crippen molar-refractivity contribution in [2.75, 3.05) is 26.2 Å². The molecule has 0 atom stereocenters. The highest BCUT2D eigenvalue weighted by Gasteiger charge is 2.52. The summed E-state index contributed by atoms with van der Waals surface area (Å²) in [6.45, 7) is 2.97. The number of likely N-dealkylation sites (tertiary alicyclic amines) is 1. The van der Waals surface area contributed by atoms with E-state index in [1.54, 1.807) is 24.0 Å². The topological polar surface area (TPSA) is 79.0 Å². The summed E-state index contributed by atoms with van der Waals surface area (Å²) in [6, 6.07) is 8.83. The molecule has 24 heavy (non-hydrogen) atoms. The number of benzene rings is 1. The van der Waals surface area contributed by atoms with Crippen LogP contribution in [0.2, 0.25) is 0 Å². The van der Waals surface area contributed by atoms with Gasteiger partial charge in [0.15, 0.2) is 6.61 Å². The number of ether oxygens (including phenoxy) is 1. The smallest absolute Gasteiger partial charge is 0.325 e. The van der Waals surface area contributed by atoms with E-state index in [0.29, 0.717) is 38.2 Å². The maximum absolute atomic E-state index is 12.4. The van der Waals surface area contributed by atoms with Gasteiger partial charge in [-0.15, -0.1) is 0 Å². The minimum atomic E-state index is -0.843. The molecule has 1 N–H and O–H groups in total. The predicted molar refractivity (Wildman–Crippen MR) is 86.4 cm³/mol. The van der Waals surface area contributed by atoms with Crippen LogP contribution in [0.3, 0.4) is 0 Å². The minimum Gasteiger partial charge on any atom is -0.484 e. The Morgan fingerprint density at radius 2 is 1.88 bits per heavy atom. The summed E-state index contributed by atoms with van der Waals surface area (Å²) < 4.78 is 5.47. The van der Waals surface area contributed by atoms with Crippen LogP contribution in [0, 0.1) is 0 Å². The second kappa shape index (κ2) is 6.51. The second-order valence-corrected chi connectivity index (χ2v) is 6.04. The van der Waals surface area contributed by atoms with Gasteiger partial charge in [0.2, 0.25) is 0 Å². The van der Waals surface area contributed by atoms with Gasteiger partial charge in [-0.2, -0.15) is 0 Å². The van der Waals surface area contributed by atoms with Crippen LogP contribution in [0.15, 0.2) is 30.3 Å². The third-order valence-electron chi connectivity index (χ3n) is 4.64. The van der Waals surface area contributed by atoms with E-state index in [0.717, 1.165) is 0 Å². The Balaban J connectivity index is 1.54. The normalized spacial score (nSPS) is 19.5. The van der Waals surface area contributed by atoms with Crippen molar-refractivity contribution in [3.05, 3.63) is 30.3 Å². The lowest BCUT2D eigenvalue weighted by molar-refractivity contribution is -0.139. The van der Waals surface area contributed by atoms with E-state index in [1.807, 2.05) is 18.2 Å². The van der Waals surface area contributed by atoms with Crippen molar-refractivity contribution in [3.8, 4) is 5.75 Å². The molecule has 2 aliphatic rings. The first kappa shape index (κ1) is 16.3. The Labute approximate surface area is 140 Å². The number of nitrogens with zero attached hydrogens (tertiary/aromatic N) is 2. The molecule has 1 aromatic carbocycles. The zero-order chi connectivity index (χ0) is 17.2. The first-order valence-corrected chi connectivity index (χ1v) is 8.15. The van der Waals surface area contributed by atoms with Crippen molar-refractivity contribution in [2.45, 2.75) is 25.3 Å². The number of urea groups is 1. The molecule has 2 fully saturated rings. The molecule has 0 saturated carbocycles. The molecule has 0 unspecified atom stereocenters. The number of rotatable bonds is 4. The number of para-hydroxylation sites is 1. The van der Waals surface area contributed by atoms with Gasteiger partial charge < -0.3 is 15.0 Å². The quantitative estimate of drug-likeness (QED) is 0.835. The molecule has 4 amide bonds. The maximum Gasteiger partial charge on any atom is 0.325 e. The van der Waals surface area contributed by atoms with E-state index in [4.69, 9.17) is 4.74 Å². The molecule has 1 aromatic rings. The Morgan fingerprint density at radius 3 is 2.46 bits per heavy atom. The summed E-state index contributed by atoms with van der Waals surface area (Å²) in [4.78, 5) is 39.5. The fourth-order valence-electron chi connectivity index (χ4n) is 3.19. The third kappa shape index (κ3) is 2.93. The number of nitrogens with one attached hydrogen (secondary N) is 1. The van der Waals surface area contributed by atoms with E-state index >= 15 is 0 Å². The van der Waals surface area contributed by atoms with Crippen molar-refractivity contribution in [1.29, 1.82) is 0 Å². The zero-order valence-corrected chi connectivity index (χ0v) is 13.7. The fourth-order valence-corrected chi connectivity index (χ4v) is 3.19. The van der Waals surface area contributed by atoms with Crippen LogP contribution in [-0.4, -0.2) is 59.4 Å². The Hall–Kier alpha value is -2.57. The van der Waals surface area contributed by atoms with E-state index in [1.165, 1.54) is 4.90 Å². The summed E-state index contributed by atoms with van der Waals surface area (Å²) in [5.41, 5.74) is -0.843. The molecule has 2 aliphatic heterocycles. The molecule has 0 aliphatic carbocycles. The van der Waals surface area contributed by atoms with Gasteiger partial charge in [0, 0.05) is 19.6 Å². The standard InChI is InChI=1S/C17H21N3O4/c1-2-20-15(22)17(18-16(20)23)8-10-19(11-9-17)14(21)12-24-13-6-4-3-5-7-13/h3-7H,2,8-12H2,1H3,(H,18,23). The lowest BCUT2D eigenvalue weighted by atomic mass is 9.87. The fraction of sp³-hybridized carbons (Fsp3) is 0.471. The zero-order valence-electron chi connectivity index (χ0n) is 13.7. The summed E-state index contributed by atoms with van der Waals surface area (Å²) in [5.74, 6) is 0.358. The summed E-state index contributed by atoms with van der Waals surface area (Å²) in [7, 11) is 0. The van der Waals surface area contributed by atoms with Gasteiger partial charge in [-0.05, 0) is 31.9 Å². The number of amides is 4. The number of carbonyl (C=O) groups excluding carboxylic acids is 3. The molecule has 1 spiro atoms. The van der Waals surface area contributed by atoms with E-state index in [2.05, 4.69) is 5.32 Å². The van der Waals surface area contributed by atoms with Crippen LogP contribution >= 0.6 is 0 Å². The average molecular weight is 331 g/mol. The van der Waals surface area contributed by atoms with Gasteiger partial charge in [-0.3, -0.25) is 14.5 Å². The SMILES string of the molecule is CCN1C(=O)NC2(CCN(C(=O)COc3ccccc3)CC2)C1=O. The molecule has 7 heteroatoms. The van der Waals surface area contributed by atoms with Gasteiger partial charge in [0.05, 0.1) is 0 Å². The second-order valence-electron chi connectivity index (χ2n) is 6.04. The molecule has 0 aromatic heterocycles. The van der Waals surface area contributed by atoms with Crippen LogP contribution in [0.4, 0.5) is 4.79 Å². The summed E-state index contributed by atoms with van der Waals surface area (Å²) in [5, 5.41) is 2.81. The molecule has 128 valence electrons. The lowest BCUT2D eigenvalue weighted by Crippen LogP contribution is -2.56. The van der Waals surface area contributed by atoms with Crippen molar-refractivity contribution in [1.82, 2.24) is 15.1 Å². The third-order valence-corrected chi connectivity index (χ3v) is 4.64. The predicted octanol–water partition coefficient (Wildman–Crippen LogP) is 0.998. The van der Waals surface area contributed by atoms with Crippen molar-refractivity contribution >= 4 is 17.8 Å². The van der Waals surface area contributed by atoms with Gasteiger partial charge in [0.25, 0.3) is 11.8 Å². The van der Waals surface area contributed by atoms with Crippen LogP contribution in [0.1, 0.15) is 19.8 Å². The number of piperidine rings is 1. The van der Waals surface area contributed by atoms with Crippen molar-refractivity contribution in [2.24, 2.45) is 0 Å².